The number of thioether (sulfide) groups is 1. The molecule has 0 spiro atoms. The molecule has 0 saturated heterocycles. The number of rotatable bonds is 9. The SMILES string of the molecule is CCCC(NC(=O)CSc1nnc(-c2ccc(OC)cc2)n1C)c1ccccc1. The molecule has 1 amide bonds. The van der Waals surface area contributed by atoms with E-state index >= 15 is 0 Å². The number of benzene rings is 2. The predicted octanol–water partition coefficient (Wildman–Crippen LogP) is 4.24. The maximum Gasteiger partial charge on any atom is 0.230 e. The number of amides is 1. The van der Waals surface area contributed by atoms with Crippen molar-refractivity contribution < 1.29 is 9.53 Å². The van der Waals surface area contributed by atoms with E-state index in [9.17, 15) is 4.79 Å². The highest BCUT2D eigenvalue weighted by molar-refractivity contribution is 7.99. The summed E-state index contributed by atoms with van der Waals surface area (Å²) in [5, 5.41) is 12.4. The van der Waals surface area contributed by atoms with E-state index in [2.05, 4.69) is 34.6 Å². The smallest absolute Gasteiger partial charge is 0.230 e. The lowest BCUT2D eigenvalue weighted by atomic mass is 10.0. The average molecular weight is 411 g/mol. The minimum atomic E-state index is -0.00806. The van der Waals surface area contributed by atoms with Gasteiger partial charge >= 0.3 is 0 Å². The number of hydrogen-bond donors (Lipinski definition) is 1. The van der Waals surface area contributed by atoms with E-state index in [-0.39, 0.29) is 11.9 Å². The van der Waals surface area contributed by atoms with Crippen LogP contribution in [0.3, 0.4) is 0 Å². The molecular weight excluding hydrogens is 384 g/mol. The van der Waals surface area contributed by atoms with Crippen LogP contribution in [0, 0.1) is 0 Å². The lowest BCUT2D eigenvalue weighted by molar-refractivity contribution is -0.119. The Balaban J connectivity index is 1.62. The summed E-state index contributed by atoms with van der Waals surface area (Å²) in [6.07, 6.45) is 1.91. The van der Waals surface area contributed by atoms with Crippen LogP contribution in [-0.2, 0) is 11.8 Å². The molecule has 1 heterocycles. The van der Waals surface area contributed by atoms with Gasteiger partial charge in [0.05, 0.1) is 18.9 Å². The van der Waals surface area contributed by atoms with Crippen molar-refractivity contribution in [2.24, 2.45) is 7.05 Å². The standard InChI is InChI=1S/C22H26N4O2S/c1-4-8-19(16-9-6-5-7-10-16)23-20(27)15-29-22-25-24-21(26(22)2)17-11-13-18(28-3)14-12-17/h5-7,9-14,19H,4,8,15H2,1-3H3,(H,23,27). The number of nitrogens with zero attached hydrogens (tertiary/aromatic N) is 3. The largest absolute Gasteiger partial charge is 0.497 e. The molecule has 29 heavy (non-hydrogen) atoms. The van der Waals surface area contributed by atoms with Gasteiger partial charge in [0.2, 0.25) is 5.91 Å². The van der Waals surface area contributed by atoms with Crippen LogP contribution in [0.15, 0.2) is 59.8 Å². The average Bonchev–Trinajstić information content (AvgIpc) is 3.13. The van der Waals surface area contributed by atoms with Gasteiger partial charge in [-0.3, -0.25) is 4.79 Å². The summed E-state index contributed by atoms with van der Waals surface area (Å²) in [6.45, 7) is 2.12. The zero-order chi connectivity index (χ0) is 20.6. The van der Waals surface area contributed by atoms with E-state index in [4.69, 9.17) is 4.74 Å². The summed E-state index contributed by atoms with van der Waals surface area (Å²) < 4.78 is 7.10. The van der Waals surface area contributed by atoms with Gasteiger partial charge in [-0.2, -0.15) is 0 Å². The summed E-state index contributed by atoms with van der Waals surface area (Å²) >= 11 is 1.39. The Morgan fingerprint density at radius 3 is 2.52 bits per heavy atom. The Morgan fingerprint density at radius 2 is 1.86 bits per heavy atom. The molecule has 3 aromatic rings. The second kappa shape index (κ2) is 10.1. The first-order chi connectivity index (χ1) is 14.1. The molecular formula is C22H26N4O2S. The third-order valence-corrected chi connectivity index (χ3v) is 5.65. The highest BCUT2D eigenvalue weighted by atomic mass is 32.2. The van der Waals surface area contributed by atoms with Gasteiger partial charge in [0.25, 0.3) is 0 Å². The third-order valence-electron chi connectivity index (χ3n) is 4.63. The number of aromatic nitrogens is 3. The predicted molar refractivity (Wildman–Crippen MR) is 116 cm³/mol. The quantitative estimate of drug-likeness (QED) is 0.534. The topological polar surface area (TPSA) is 69.0 Å². The molecule has 0 saturated carbocycles. The van der Waals surface area contributed by atoms with Crippen molar-refractivity contribution in [2.75, 3.05) is 12.9 Å². The summed E-state index contributed by atoms with van der Waals surface area (Å²) in [5.41, 5.74) is 2.08. The molecule has 0 aliphatic carbocycles. The maximum atomic E-state index is 12.5. The van der Waals surface area contributed by atoms with Gasteiger partial charge in [0.15, 0.2) is 11.0 Å². The Bertz CT molecular complexity index is 926. The number of hydrogen-bond acceptors (Lipinski definition) is 5. The Hall–Kier alpha value is -2.80. The van der Waals surface area contributed by atoms with Crippen molar-refractivity contribution in [3.05, 3.63) is 60.2 Å². The van der Waals surface area contributed by atoms with Gasteiger partial charge in [-0.25, -0.2) is 0 Å². The van der Waals surface area contributed by atoms with Crippen LogP contribution in [0.25, 0.3) is 11.4 Å². The molecule has 0 fully saturated rings. The first-order valence-electron chi connectivity index (χ1n) is 9.63. The number of methoxy groups -OCH3 is 1. The molecule has 1 N–H and O–H groups in total. The Morgan fingerprint density at radius 1 is 1.14 bits per heavy atom. The molecule has 0 bridgehead atoms. The molecule has 1 unspecified atom stereocenters. The number of carbonyl (C=O) groups excluding carboxylic acids is 1. The van der Waals surface area contributed by atoms with Crippen molar-refractivity contribution in [1.82, 2.24) is 20.1 Å². The molecule has 1 atom stereocenters. The molecule has 6 nitrogen and oxygen atoms in total. The van der Waals surface area contributed by atoms with Crippen molar-refractivity contribution in [3.8, 4) is 17.1 Å². The second-order valence-electron chi connectivity index (χ2n) is 6.70. The number of carbonyl (C=O) groups is 1. The van der Waals surface area contributed by atoms with Crippen LogP contribution in [0.5, 0.6) is 5.75 Å². The van der Waals surface area contributed by atoms with Gasteiger partial charge in [-0.15, -0.1) is 10.2 Å². The number of nitrogens with one attached hydrogen (secondary N) is 1. The fourth-order valence-corrected chi connectivity index (χ4v) is 3.82. The van der Waals surface area contributed by atoms with Gasteiger partial charge in [0.1, 0.15) is 5.75 Å². The van der Waals surface area contributed by atoms with E-state index in [0.717, 1.165) is 35.5 Å². The van der Waals surface area contributed by atoms with E-state index in [0.29, 0.717) is 10.9 Å². The molecule has 2 aromatic carbocycles. The summed E-state index contributed by atoms with van der Waals surface area (Å²) in [5.74, 6) is 1.83. The molecule has 0 aliphatic heterocycles. The van der Waals surface area contributed by atoms with E-state index in [1.165, 1.54) is 11.8 Å². The summed E-state index contributed by atoms with van der Waals surface area (Å²) in [7, 11) is 3.55. The summed E-state index contributed by atoms with van der Waals surface area (Å²) in [6, 6.07) is 17.8. The first-order valence-corrected chi connectivity index (χ1v) is 10.6. The maximum absolute atomic E-state index is 12.5. The zero-order valence-corrected chi connectivity index (χ0v) is 17.8. The fourth-order valence-electron chi connectivity index (χ4n) is 3.09. The molecule has 1 aromatic heterocycles. The Kier molecular flexibility index (Phi) is 7.30. The lowest BCUT2D eigenvalue weighted by Gasteiger charge is -2.18. The monoisotopic (exact) mass is 410 g/mol. The first kappa shape index (κ1) is 20.9. The van der Waals surface area contributed by atoms with Gasteiger partial charge in [0, 0.05) is 12.6 Å². The van der Waals surface area contributed by atoms with Crippen molar-refractivity contribution in [1.29, 1.82) is 0 Å². The fraction of sp³-hybridized carbons (Fsp3) is 0.318. The molecule has 3 rings (SSSR count). The molecule has 0 radical (unpaired) electrons. The highest BCUT2D eigenvalue weighted by Crippen LogP contribution is 2.25. The van der Waals surface area contributed by atoms with Crippen molar-refractivity contribution in [2.45, 2.75) is 31.0 Å². The Labute approximate surface area is 175 Å². The minimum absolute atomic E-state index is 0.00806. The van der Waals surface area contributed by atoms with Crippen LogP contribution in [0.4, 0.5) is 0 Å². The van der Waals surface area contributed by atoms with Gasteiger partial charge < -0.3 is 14.6 Å². The van der Waals surface area contributed by atoms with Crippen molar-refractivity contribution >= 4 is 17.7 Å². The second-order valence-corrected chi connectivity index (χ2v) is 7.64. The summed E-state index contributed by atoms with van der Waals surface area (Å²) in [4.78, 5) is 12.5. The molecule has 0 aliphatic rings. The lowest BCUT2D eigenvalue weighted by Crippen LogP contribution is -2.30. The zero-order valence-electron chi connectivity index (χ0n) is 17.0. The number of ether oxygens (including phenoxy) is 1. The van der Waals surface area contributed by atoms with E-state index < -0.39 is 0 Å². The highest BCUT2D eigenvalue weighted by Gasteiger charge is 2.16. The minimum Gasteiger partial charge on any atom is -0.497 e. The van der Waals surface area contributed by atoms with Crippen LogP contribution < -0.4 is 10.1 Å². The van der Waals surface area contributed by atoms with Crippen LogP contribution in [-0.4, -0.2) is 33.5 Å². The van der Waals surface area contributed by atoms with Gasteiger partial charge in [-0.1, -0.05) is 55.4 Å². The molecule has 152 valence electrons. The van der Waals surface area contributed by atoms with Gasteiger partial charge in [-0.05, 0) is 36.2 Å². The third kappa shape index (κ3) is 5.38. The van der Waals surface area contributed by atoms with Crippen LogP contribution in [0.1, 0.15) is 31.4 Å². The van der Waals surface area contributed by atoms with E-state index in [1.807, 2.05) is 54.1 Å². The van der Waals surface area contributed by atoms with Crippen molar-refractivity contribution in [3.63, 3.8) is 0 Å². The molecule has 7 heteroatoms. The van der Waals surface area contributed by atoms with E-state index in [1.54, 1.807) is 7.11 Å². The van der Waals surface area contributed by atoms with Crippen LogP contribution in [0.2, 0.25) is 0 Å². The normalized spacial score (nSPS) is 11.8. The van der Waals surface area contributed by atoms with Crippen LogP contribution >= 0.6 is 11.8 Å².